The highest BCUT2D eigenvalue weighted by Gasteiger charge is 2.06. The van der Waals surface area contributed by atoms with Crippen LogP contribution in [0.1, 0.15) is 11.1 Å². The van der Waals surface area contributed by atoms with Gasteiger partial charge in [0, 0.05) is 17.8 Å². The first-order valence-electron chi connectivity index (χ1n) is 6.06. The van der Waals surface area contributed by atoms with E-state index in [4.69, 9.17) is 5.73 Å². The van der Waals surface area contributed by atoms with Gasteiger partial charge >= 0.3 is 0 Å². The smallest absolute Gasteiger partial charge is 0.128 e. The van der Waals surface area contributed by atoms with E-state index in [1.165, 1.54) is 11.6 Å². The monoisotopic (exact) mass is 244 g/mol. The molecule has 0 aliphatic heterocycles. The third-order valence-electron chi connectivity index (χ3n) is 2.84. The zero-order valence-electron chi connectivity index (χ0n) is 10.2. The minimum atomic E-state index is -0.196. The summed E-state index contributed by atoms with van der Waals surface area (Å²) in [5.41, 5.74) is 8.16. The molecule has 0 radical (unpaired) electrons. The van der Waals surface area contributed by atoms with Gasteiger partial charge in [0.25, 0.3) is 0 Å². The number of hydrogen-bond acceptors (Lipinski definition) is 2. The molecule has 2 nitrogen and oxygen atoms in total. The van der Waals surface area contributed by atoms with E-state index in [2.05, 4.69) is 5.32 Å². The summed E-state index contributed by atoms with van der Waals surface area (Å²) in [6.45, 7) is 1.13. The summed E-state index contributed by atoms with van der Waals surface area (Å²) >= 11 is 0. The molecule has 18 heavy (non-hydrogen) atoms. The predicted octanol–water partition coefficient (Wildman–Crippen LogP) is 2.94. The quantitative estimate of drug-likeness (QED) is 0.848. The molecule has 0 fully saturated rings. The highest BCUT2D eigenvalue weighted by Crippen LogP contribution is 2.20. The molecule has 0 saturated heterocycles. The summed E-state index contributed by atoms with van der Waals surface area (Å²) in [5.74, 6) is -0.196. The molecule has 0 bridgehead atoms. The van der Waals surface area contributed by atoms with Gasteiger partial charge in [0.1, 0.15) is 5.82 Å². The Balaban J connectivity index is 2.11. The van der Waals surface area contributed by atoms with Gasteiger partial charge in [-0.3, -0.25) is 0 Å². The van der Waals surface area contributed by atoms with E-state index in [1.807, 2.05) is 36.4 Å². The Kier molecular flexibility index (Phi) is 4.31. The van der Waals surface area contributed by atoms with Gasteiger partial charge in [-0.15, -0.1) is 0 Å². The maximum absolute atomic E-state index is 13.7. The van der Waals surface area contributed by atoms with Gasteiger partial charge in [-0.1, -0.05) is 36.4 Å². The number of hydrogen-bond donors (Lipinski definition) is 2. The van der Waals surface area contributed by atoms with Crippen LogP contribution in [0.25, 0.3) is 0 Å². The van der Waals surface area contributed by atoms with Crippen LogP contribution >= 0.6 is 0 Å². The summed E-state index contributed by atoms with van der Waals surface area (Å²) in [4.78, 5) is 0. The van der Waals surface area contributed by atoms with Crippen molar-refractivity contribution in [1.29, 1.82) is 0 Å². The molecule has 2 aromatic rings. The first-order chi connectivity index (χ1) is 8.81. The highest BCUT2D eigenvalue weighted by atomic mass is 19.1. The van der Waals surface area contributed by atoms with Gasteiger partial charge in [-0.2, -0.15) is 0 Å². The number of benzene rings is 2. The second-order valence-electron chi connectivity index (χ2n) is 4.14. The van der Waals surface area contributed by atoms with E-state index >= 15 is 0 Å². The Morgan fingerprint density at radius 1 is 1.00 bits per heavy atom. The van der Waals surface area contributed by atoms with Gasteiger partial charge in [-0.05, 0) is 30.7 Å². The molecule has 3 N–H and O–H groups in total. The third kappa shape index (κ3) is 3.08. The lowest BCUT2D eigenvalue weighted by Crippen LogP contribution is -2.09. The Morgan fingerprint density at radius 3 is 2.50 bits per heavy atom. The third-order valence-corrected chi connectivity index (χ3v) is 2.84. The molecule has 0 amide bonds. The largest absolute Gasteiger partial charge is 0.381 e. The van der Waals surface area contributed by atoms with E-state index in [-0.39, 0.29) is 5.82 Å². The lowest BCUT2D eigenvalue weighted by molar-refractivity contribution is 0.610. The van der Waals surface area contributed by atoms with Crippen molar-refractivity contribution in [2.24, 2.45) is 5.73 Å². The first-order valence-corrected chi connectivity index (χ1v) is 6.06. The zero-order valence-corrected chi connectivity index (χ0v) is 10.2. The van der Waals surface area contributed by atoms with Crippen molar-refractivity contribution < 1.29 is 4.39 Å². The summed E-state index contributed by atoms with van der Waals surface area (Å²) in [5, 5.41) is 3.26. The molecular formula is C15H17FN2. The molecule has 0 aliphatic rings. The summed E-state index contributed by atoms with van der Waals surface area (Å²) in [7, 11) is 0. The van der Waals surface area contributed by atoms with Crippen LogP contribution in [0.4, 0.5) is 10.1 Å². The number of nitrogens with two attached hydrogens (primary N) is 1. The average Bonchev–Trinajstić information content (AvgIpc) is 2.41. The van der Waals surface area contributed by atoms with Crippen LogP contribution in [0.15, 0.2) is 48.5 Å². The minimum absolute atomic E-state index is 0.196. The molecule has 0 heterocycles. The molecule has 0 aromatic heterocycles. The fourth-order valence-electron chi connectivity index (χ4n) is 1.92. The Labute approximate surface area is 107 Å². The number of nitrogens with one attached hydrogen (secondary N) is 1. The zero-order chi connectivity index (χ0) is 12.8. The van der Waals surface area contributed by atoms with E-state index < -0.39 is 0 Å². The molecule has 0 unspecified atom stereocenters. The van der Waals surface area contributed by atoms with Crippen LogP contribution in [0.3, 0.4) is 0 Å². The van der Waals surface area contributed by atoms with Gasteiger partial charge in [0.2, 0.25) is 0 Å². The van der Waals surface area contributed by atoms with Crippen molar-refractivity contribution in [2.45, 2.75) is 13.0 Å². The van der Waals surface area contributed by atoms with Crippen molar-refractivity contribution in [3.05, 3.63) is 65.5 Å². The molecular weight excluding hydrogens is 227 g/mol. The van der Waals surface area contributed by atoms with Gasteiger partial charge in [0.15, 0.2) is 0 Å². The second-order valence-corrected chi connectivity index (χ2v) is 4.14. The van der Waals surface area contributed by atoms with Crippen LogP contribution < -0.4 is 11.1 Å². The van der Waals surface area contributed by atoms with Crippen molar-refractivity contribution in [3.63, 3.8) is 0 Å². The number of halogens is 1. The lowest BCUT2D eigenvalue weighted by Gasteiger charge is -2.12. The molecule has 0 aliphatic carbocycles. The van der Waals surface area contributed by atoms with Gasteiger partial charge in [0.05, 0.1) is 0 Å². The van der Waals surface area contributed by atoms with Gasteiger partial charge in [-0.25, -0.2) is 4.39 Å². The predicted molar refractivity (Wildman–Crippen MR) is 72.9 cm³/mol. The average molecular weight is 244 g/mol. The van der Waals surface area contributed by atoms with E-state index in [9.17, 15) is 4.39 Å². The Bertz CT molecular complexity index is 497. The SMILES string of the molecule is NCCc1c(F)cccc1NCc1ccccc1. The van der Waals surface area contributed by atoms with E-state index in [0.717, 1.165) is 5.69 Å². The van der Waals surface area contributed by atoms with Crippen molar-refractivity contribution in [2.75, 3.05) is 11.9 Å². The number of rotatable bonds is 5. The molecule has 94 valence electrons. The van der Waals surface area contributed by atoms with Crippen LogP contribution in [0, 0.1) is 5.82 Å². The molecule has 3 heteroatoms. The fraction of sp³-hybridized carbons (Fsp3) is 0.200. The van der Waals surface area contributed by atoms with Crippen LogP contribution in [-0.4, -0.2) is 6.54 Å². The normalized spacial score (nSPS) is 10.3. The fourth-order valence-corrected chi connectivity index (χ4v) is 1.92. The van der Waals surface area contributed by atoms with Crippen molar-refractivity contribution in [3.8, 4) is 0 Å². The standard InChI is InChI=1S/C15H17FN2/c16-14-7-4-8-15(13(14)9-10-17)18-11-12-5-2-1-3-6-12/h1-8,18H,9-11,17H2. The maximum Gasteiger partial charge on any atom is 0.128 e. The Morgan fingerprint density at radius 2 is 1.78 bits per heavy atom. The molecule has 2 rings (SSSR count). The maximum atomic E-state index is 13.7. The summed E-state index contributed by atoms with van der Waals surface area (Å²) < 4.78 is 13.7. The van der Waals surface area contributed by atoms with Crippen LogP contribution in [-0.2, 0) is 13.0 Å². The van der Waals surface area contributed by atoms with Gasteiger partial charge < -0.3 is 11.1 Å². The highest BCUT2D eigenvalue weighted by molar-refractivity contribution is 5.52. The van der Waals surface area contributed by atoms with Crippen LogP contribution in [0.2, 0.25) is 0 Å². The Hall–Kier alpha value is -1.87. The molecule has 0 saturated carbocycles. The lowest BCUT2D eigenvalue weighted by atomic mass is 10.1. The number of anilines is 1. The first kappa shape index (κ1) is 12.6. The van der Waals surface area contributed by atoms with Crippen LogP contribution in [0.5, 0.6) is 0 Å². The summed E-state index contributed by atoms with van der Waals surface area (Å²) in [6.07, 6.45) is 0.545. The second kappa shape index (κ2) is 6.17. The topological polar surface area (TPSA) is 38.0 Å². The molecule has 0 atom stereocenters. The van der Waals surface area contributed by atoms with E-state index in [1.54, 1.807) is 6.07 Å². The van der Waals surface area contributed by atoms with Crippen molar-refractivity contribution in [1.82, 2.24) is 0 Å². The molecule has 0 spiro atoms. The van der Waals surface area contributed by atoms with Crippen molar-refractivity contribution >= 4 is 5.69 Å². The van der Waals surface area contributed by atoms with E-state index in [0.29, 0.717) is 25.1 Å². The summed E-state index contributed by atoms with van der Waals surface area (Å²) in [6, 6.07) is 15.1. The molecule has 2 aromatic carbocycles. The minimum Gasteiger partial charge on any atom is -0.381 e.